The summed E-state index contributed by atoms with van der Waals surface area (Å²) < 4.78 is 13.0. The van der Waals surface area contributed by atoms with E-state index in [2.05, 4.69) is 12.2 Å². The number of nitrogen functional groups attached to an aromatic ring is 1. The van der Waals surface area contributed by atoms with Crippen molar-refractivity contribution in [3.63, 3.8) is 0 Å². The van der Waals surface area contributed by atoms with E-state index in [1.807, 2.05) is 6.92 Å². The molecule has 0 fully saturated rings. The molecule has 1 aromatic rings. The molecule has 0 radical (unpaired) electrons. The smallest absolute Gasteiger partial charge is 0.227 e. The van der Waals surface area contributed by atoms with Crippen molar-refractivity contribution >= 4 is 17.3 Å². The highest BCUT2D eigenvalue weighted by atomic mass is 19.1. The van der Waals surface area contributed by atoms with Gasteiger partial charge in [0.2, 0.25) is 5.91 Å². The number of nitrogens with two attached hydrogens (primary N) is 1. The van der Waals surface area contributed by atoms with Crippen LogP contribution in [0.25, 0.3) is 0 Å². The zero-order chi connectivity index (χ0) is 13.5. The van der Waals surface area contributed by atoms with Gasteiger partial charge in [-0.25, -0.2) is 4.39 Å². The van der Waals surface area contributed by atoms with Crippen LogP contribution in [0.2, 0.25) is 0 Å². The lowest BCUT2D eigenvalue weighted by Crippen LogP contribution is -2.22. The largest absolute Gasteiger partial charge is 0.396 e. The highest BCUT2D eigenvalue weighted by Crippen LogP contribution is 2.19. The first kappa shape index (κ1) is 14.5. The molecule has 0 saturated carbocycles. The molecule has 1 atom stereocenters. The number of hydrogen-bond acceptors (Lipinski definition) is 2. The number of rotatable bonds is 6. The first-order valence-corrected chi connectivity index (χ1v) is 6.44. The maximum absolute atomic E-state index is 13.0. The van der Waals surface area contributed by atoms with Crippen LogP contribution in [0.5, 0.6) is 0 Å². The molecule has 1 amide bonds. The number of unbranched alkanes of at least 4 members (excludes halogenated alkanes) is 1. The third-order valence-electron chi connectivity index (χ3n) is 3.03. The lowest BCUT2D eigenvalue weighted by atomic mass is 9.98. The topological polar surface area (TPSA) is 55.1 Å². The van der Waals surface area contributed by atoms with Crippen LogP contribution in [0, 0.1) is 11.7 Å². The summed E-state index contributed by atoms with van der Waals surface area (Å²) in [6.45, 7) is 4.10. The Morgan fingerprint density at radius 2 is 2.17 bits per heavy atom. The molecule has 0 saturated heterocycles. The molecular formula is C14H21FN2O. The molecule has 4 heteroatoms. The molecule has 0 spiro atoms. The van der Waals surface area contributed by atoms with Gasteiger partial charge in [0.15, 0.2) is 0 Å². The SMILES string of the molecule is CCCCC(CC)C(=O)Nc1ccc(F)c(N)c1. The average molecular weight is 252 g/mol. The fraction of sp³-hybridized carbons (Fsp3) is 0.500. The minimum atomic E-state index is -0.467. The van der Waals surface area contributed by atoms with Crippen molar-refractivity contribution in [3.05, 3.63) is 24.0 Å². The van der Waals surface area contributed by atoms with Crippen LogP contribution >= 0.6 is 0 Å². The zero-order valence-corrected chi connectivity index (χ0v) is 11.0. The number of amides is 1. The number of benzene rings is 1. The molecule has 1 rings (SSSR count). The van der Waals surface area contributed by atoms with E-state index in [0.717, 1.165) is 25.7 Å². The van der Waals surface area contributed by atoms with Gasteiger partial charge >= 0.3 is 0 Å². The van der Waals surface area contributed by atoms with Crippen molar-refractivity contribution in [3.8, 4) is 0 Å². The van der Waals surface area contributed by atoms with Crippen molar-refractivity contribution in [1.82, 2.24) is 0 Å². The van der Waals surface area contributed by atoms with Crippen molar-refractivity contribution in [2.24, 2.45) is 5.92 Å². The van der Waals surface area contributed by atoms with Crippen LogP contribution < -0.4 is 11.1 Å². The number of anilines is 2. The second kappa shape index (κ2) is 6.99. The van der Waals surface area contributed by atoms with Gasteiger partial charge in [0.05, 0.1) is 5.69 Å². The molecule has 18 heavy (non-hydrogen) atoms. The maximum Gasteiger partial charge on any atom is 0.227 e. The molecule has 0 aliphatic heterocycles. The average Bonchev–Trinajstić information content (AvgIpc) is 2.35. The first-order chi connectivity index (χ1) is 8.58. The lowest BCUT2D eigenvalue weighted by Gasteiger charge is -2.14. The van der Waals surface area contributed by atoms with Gasteiger partial charge in [-0.1, -0.05) is 26.7 Å². The van der Waals surface area contributed by atoms with Gasteiger partial charge in [0.25, 0.3) is 0 Å². The summed E-state index contributed by atoms with van der Waals surface area (Å²) >= 11 is 0. The lowest BCUT2D eigenvalue weighted by molar-refractivity contribution is -0.120. The summed E-state index contributed by atoms with van der Waals surface area (Å²) in [6.07, 6.45) is 3.81. The Balaban J connectivity index is 2.64. The van der Waals surface area contributed by atoms with Gasteiger partial charge in [-0.3, -0.25) is 4.79 Å². The minimum absolute atomic E-state index is 0.0104. The Labute approximate surface area is 108 Å². The molecule has 1 unspecified atom stereocenters. The summed E-state index contributed by atoms with van der Waals surface area (Å²) in [7, 11) is 0. The molecule has 0 aliphatic carbocycles. The fourth-order valence-electron chi connectivity index (χ4n) is 1.84. The van der Waals surface area contributed by atoms with Gasteiger partial charge in [-0.05, 0) is 31.0 Å². The molecule has 1 aromatic carbocycles. The van der Waals surface area contributed by atoms with Gasteiger partial charge in [0.1, 0.15) is 5.82 Å². The molecule has 0 aromatic heterocycles. The Morgan fingerprint density at radius 3 is 2.72 bits per heavy atom. The van der Waals surface area contributed by atoms with Crippen LogP contribution in [0.1, 0.15) is 39.5 Å². The van der Waals surface area contributed by atoms with Crippen LogP contribution in [0.15, 0.2) is 18.2 Å². The highest BCUT2D eigenvalue weighted by Gasteiger charge is 2.16. The molecule has 3 nitrogen and oxygen atoms in total. The Kier molecular flexibility index (Phi) is 5.62. The van der Waals surface area contributed by atoms with E-state index < -0.39 is 5.82 Å². The van der Waals surface area contributed by atoms with E-state index in [9.17, 15) is 9.18 Å². The van der Waals surface area contributed by atoms with Gasteiger partial charge < -0.3 is 11.1 Å². The molecule has 0 heterocycles. The van der Waals surface area contributed by atoms with Gasteiger partial charge in [0, 0.05) is 11.6 Å². The van der Waals surface area contributed by atoms with Crippen molar-refractivity contribution < 1.29 is 9.18 Å². The molecule has 0 aliphatic rings. The van der Waals surface area contributed by atoms with Crippen LogP contribution in [0.3, 0.4) is 0 Å². The Bertz CT molecular complexity index is 407. The van der Waals surface area contributed by atoms with Crippen LogP contribution in [-0.2, 0) is 4.79 Å². The zero-order valence-electron chi connectivity index (χ0n) is 11.0. The molecule has 3 N–H and O–H groups in total. The maximum atomic E-state index is 13.0. The number of nitrogens with one attached hydrogen (secondary N) is 1. The van der Waals surface area contributed by atoms with E-state index in [1.165, 1.54) is 18.2 Å². The predicted octanol–water partition coefficient (Wildman–Crippen LogP) is 3.56. The number of halogens is 1. The monoisotopic (exact) mass is 252 g/mol. The second-order valence-electron chi connectivity index (χ2n) is 4.47. The fourth-order valence-corrected chi connectivity index (χ4v) is 1.84. The predicted molar refractivity (Wildman–Crippen MR) is 72.7 cm³/mol. The number of hydrogen-bond donors (Lipinski definition) is 2. The normalized spacial score (nSPS) is 12.2. The second-order valence-corrected chi connectivity index (χ2v) is 4.47. The van der Waals surface area contributed by atoms with Gasteiger partial charge in [-0.15, -0.1) is 0 Å². The number of carbonyl (C=O) groups is 1. The van der Waals surface area contributed by atoms with Crippen molar-refractivity contribution in [1.29, 1.82) is 0 Å². The van der Waals surface area contributed by atoms with Gasteiger partial charge in [-0.2, -0.15) is 0 Å². The molecule has 100 valence electrons. The van der Waals surface area contributed by atoms with E-state index in [4.69, 9.17) is 5.73 Å². The van der Waals surface area contributed by atoms with E-state index in [-0.39, 0.29) is 17.5 Å². The van der Waals surface area contributed by atoms with Crippen molar-refractivity contribution in [2.75, 3.05) is 11.1 Å². The molecule has 0 bridgehead atoms. The Hall–Kier alpha value is -1.58. The third-order valence-corrected chi connectivity index (χ3v) is 3.03. The summed E-state index contributed by atoms with van der Waals surface area (Å²) in [5.41, 5.74) is 6.06. The molecular weight excluding hydrogens is 231 g/mol. The van der Waals surface area contributed by atoms with Crippen LogP contribution in [-0.4, -0.2) is 5.91 Å². The van der Waals surface area contributed by atoms with E-state index in [0.29, 0.717) is 5.69 Å². The van der Waals surface area contributed by atoms with E-state index >= 15 is 0 Å². The number of carbonyl (C=O) groups excluding carboxylic acids is 1. The third kappa shape index (κ3) is 4.02. The summed E-state index contributed by atoms with van der Waals surface area (Å²) in [5.74, 6) is -0.473. The van der Waals surface area contributed by atoms with Crippen molar-refractivity contribution in [2.45, 2.75) is 39.5 Å². The summed E-state index contributed by atoms with van der Waals surface area (Å²) in [5, 5.41) is 2.78. The minimum Gasteiger partial charge on any atom is -0.396 e. The highest BCUT2D eigenvalue weighted by molar-refractivity contribution is 5.92. The van der Waals surface area contributed by atoms with Crippen LogP contribution in [0.4, 0.5) is 15.8 Å². The Morgan fingerprint density at radius 1 is 1.44 bits per heavy atom. The quantitative estimate of drug-likeness (QED) is 0.760. The summed E-state index contributed by atoms with van der Waals surface area (Å²) in [6, 6.07) is 4.23. The first-order valence-electron chi connectivity index (χ1n) is 6.44. The van der Waals surface area contributed by atoms with E-state index in [1.54, 1.807) is 0 Å². The summed E-state index contributed by atoms with van der Waals surface area (Å²) in [4.78, 5) is 12.0. The standard InChI is InChI=1S/C14H21FN2O/c1-3-5-6-10(4-2)14(18)17-11-7-8-12(15)13(16)9-11/h7-10H,3-6,16H2,1-2H3,(H,17,18).